The van der Waals surface area contributed by atoms with E-state index in [-0.39, 0.29) is 12.3 Å². The van der Waals surface area contributed by atoms with Gasteiger partial charge in [-0.2, -0.15) is 4.98 Å². The summed E-state index contributed by atoms with van der Waals surface area (Å²) in [5, 5.41) is 3.91. The molecule has 0 saturated heterocycles. The third kappa shape index (κ3) is 2.45. The highest BCUT2D eigenvalue weighted by atomic mass is 19.3. The van der Waals surface area contributed by atoms with Crippen LogP contribution in [0.4, 0.5) is 8.78 Å². The number of alkyl halides is 2. The van der Waals surface area contributed by atoms with Crippen LogP contribution in [-0.4, -0.2) is 16.1 Å². The van der Waals surface area contributed by atoms with E-state index >= 15 is 0 Å². The summed E-state index contributed by atoms with van der Waals surface area (Å²) in [5.74, 6) is -3.20. The third-order valence-electron chi connectivity index (χ3n) is 4.69. The summed E-state index contributed by atoms with van der Waals surface area (Å²) in [7, 11) is 0. The number of rotatable bonds is 2. The Bertz CT molecular complexity index is 469. The molecule has 6 heteroatoms. The Morgan fingerprint density at radius 3 is 2.45 bits per heavy atom. The van der Waals surface area contributed by atoms with Crippen LogP contribution < -0.4 is 5.73 Å². The highest BCUT2D eigenvalue weighted by Crippen LogP contribution is 2.44. The van der Waals surface area contributed by atoms with Crippen LogP contribution in [0.2, 0.25) is 0 Å². The zero-order valence-electron chi connectivity index (χ0n) is 11.6. The summed E-state index contributed by atoms with van der Waals surface area (Å²) in [5.41, 5.74) is 5.73. The van der Waals surface area contributed by atoms with E-state index in [0.29, 0.717) is 18.7 Å². The first kappa shape index (κ1) is 13.9. The SMILES string of the molecule is NC1(c2noc(C3CCCCC3(F)F)n2)CCCCC1. The molecule has 2 saturated carbocycles. The lowest BCUT2D eigenvalue weighted by Gasteiger charge is -2.30. The average molecular weight is 285 g/mol. The van der Waals surface area contributed by atoms with Gasteiger partial charge < -0.3 is 10.3 Å². The normalized spacial score (nSPS) is 29.2. The molecule has 4 nitrogen and oxygen atoms in total. The van der Waals surface area contributed by atoms with E-state index in [1.165, 1.54) is 0 Å². The lowest BCUT2D eigenvalue weighted by Crippen LogP contribution is -2.39. The van der Waals surface area contributed by atoms with Crippen molar-refractivity contribution in [2.24, 2.45) is 5.73 Å². The first-order chi connectivity index (χ1) is 9.51. The van der Waals surface area contributed by atoms with Crippen molar-refractivity contribution in [1.29, 1.82) is 0 Å². The maximum Gasteiger partial charge on any atom is 0.259 e. The van der Waals surface area contributed by atoms with Crippen molar-refractivity contribution in [3.63, 3.8) is 0 Å². The number of aromatic nitrogens is 2. The summed E-state index contributed by atoms with van der Waals surface area (Å²) in [4.78, 5) is 4.24. The van der Waals surface area contributed by atoms with Gasteiger partial charge >= 0.3 is 0 Å². The van der Waals surface area contributed by atoms with Crippen LogP contribution in [0.3, 0.4) is 0 Å². The Labute approximate surface area is 117 Å². The quantitative estimate of drug-likeness (QED) is 0.903. The zero-order chi connectivity index (χ0) is 14.2. The highest BCUT2D eigenvalue weighted by Gasteiger charge is 2.46. The number of hydrogen-bond donors (Lipinski definition) is 1. The second-order valence-corrected chi connectivity index (χ2v) is 6.23. The zero-order valence-corrected chi connectivity index (χ0v) is 11.6. The van der Waals surface area contributed by atoms with Gasteiger partial charge in [0.25, 0.3) is 5.92 Å². The summed E-state index contributed by atoms with van der Waals surface area (Å²) in [6.45, 7) is 0. The van der Waals surface area contributed by atoms with Crippen LogP contribution in [0, 0.1) is 0 Å². The maximum atomic E-state index is 13.9. The van der Waals surface area contributed by atoms with Crippen LogP contribution in [0.1, 0.15) is 75.4 Å². The van der Waals surface area contributed by atoms with Gasteiger partial charge in [-0.05, 0) is 25.7 Å². The van der Waals surface area contributed by atoms with Crippen LogP contribution in [0.15, 0.2) is 4.52 Å². The molecule has 1 aromatic heterocycles. The lowest BCUT2D eigenvalue weighted by molar-refractivity contribution is -0.0630. The Balaban J connectivity index is 1.82. The van der Waals surface area contributed by atoms with E-state index in [1.807, 2.05) is 0 Å². The van der Waals surface area contributed by atoms with Crippen LogP contribution in [0.5, 0.6) is 0 Å². The van der Waals surface area contributed by atoms with Crippen molar-refractivity contribution in [3.8, 4) is 0 Å². The van der Waals surface area contributed by atoms with Gasteiger partial charge in [-0.3, -0.25) is 0 Å². The molecule has 2 aliphatic carbocycles. The molecule has 1 heterocycles. The van der Waals surface area contributed by atoms with E-state index in [0.717, 1.165) is 38.5 Å². The van der Waals surface area contributed by atoms with E-state index in [1.54, 1.807) is 0 Å². The predicted molar refractivity (Wildman–Crippen MR) is 69.4 cm³/mol. The molecule has 3 rings (SSSR count). The Hall–Kier alpha value is -1.04. The molecule has 0 aromatic carbocycles. The Kier molecular flexibility index (Phi) is 3.52. The molecule has 2 aliphatic rings. The number of halogens is 2. The summed E-state index contributed by atoms with van der Waals surface area (Å²) < 4.78 is 33.0. The van der Waals surface area contributed by atoms with Gasteiger partial charge in [-0.15, -0.1) is 0 Å². The fraction of sp³-hybridized carbons (Fsp3) is 0.857. The minimum Gasteiger partial charge on any atom is -0.339 e. The van der Waals surface area contributed by atoms with Crippen molar-refractivity contribution < 1.29 is 13.3 Å². The molecule has 1 unspecified atom stereocenters. The van der Waals surface area contributed by atoms with Crippen LogP contribution in [0.25, 0.3) is 0 Å². The van der Waals surface area contributed by atoms with Crippen molar-refractivity contribution in [1.82, 2.24) is 10.1 Å². The van der Waals surface area contributed by atoms with Gasteiger partial charge in [-0.1, -0.05) is 30.8 Å². The van der Waals surface area contributed by atoms with Crippen LogP contribution in [-0.2, 0) is 5.54 Å². The molecule has 20 heavy (non-hydrogen) atoms. The molecule has 1 atom stereocenters. The monoisotopic (exact) mass is 285 g/mol. The van der Waals surface area contributed by atoms with Gasteiger partial charge in [0.05, 0.1) is 5.54 Å². The largest absolute Gasteiger partial charge is 0.339 e. The summed E-state index contributed by atoms with van der Waals surface area (Å²) in [6.07, 6.45) is 6.47. The molecule has 0 bridgehead atoms. The van der Waals surface area contributed by atoms with Crippen molar-refractivity contribution in [3.05, 3.63) is 11.7 Å². The van der Waals surface area contributed by atoms with Crippen LogP contribution >= 0.6 is 0 Å². The number of nitrogens with zero attached hydrogens (tertiary/aromatic N) is 2. The molecule has 2 fully saturated rings. The van der Waals surface area contributed by atoms with Gasteiger partial charge in [0.1, 0.15) is 5.92 Å². The van der Waals surface area contributed by atoms with Crippen molar-refractivity contribution >= 4 is 0 Å². The van der Waals surface area contributed by atoms with Gasteiger partial charge in [-0.25, -0.2) is 8.78 Å². The third-order valence-corrected chi connectivity index (χ3v) is 4.69. The standard InChI is InChI=1S/C14H21F2N3O/c15-14(16)9-5-2-6-10(14)11-18-12(19-20-11)13(17)7-3-1-4-8-13/h10H,1-9,17H2. The Morgan fingerprint density at radius 1 is 1.05 bits per heavy atom. The fourth-order valence-corrected chi connectivity index (χ4v) is 3.38. The fourth-order valence-electron chi connectivity index (χ4n) is 3.38. The molecular formula is C14H21F2N3O. The first-order valence-electron chi connectivity index (χ1n) is 7.52. The highest BCUT2D eigenvalue weighted by molar-refractivity contribution is 5.09. The Morgan fingerprint density at radius 2 is 1.75 bits per heavy atom. The second kappa shape index (κ2) is 5.06. The molecule has 0 radical (unpaired) electrons. The molecule has 0 spiro atoms. The summed E-state index contributed by atoms with van der Waals surface area (Å²) in [6, 6.07) is 0. The lowest BCUT2D eigenvalue weighted by atomic mass is 9.82. The minimum absolute atomic E-state index is 0.0695. The molecule has 0 amide bonds. The molecular weight excluding hydrogens is 264 g/mol. The van der Waals surface area contributed by atoms with Gasteiger partial charge in [0.2, 0.25) is 5.89 Å². The average Bonchev–Trinajstić information content (AvgIpc) is 2.89. The predicted octanol–water partition coefficient (Wildman–Crippen LogP) is 3.48. The van der Waals surface area contributed by atoms with Gasteiger partial charge in [0, 0.05) is 6.42 Å². The number of nitrogens with two attached hydrogens (primary N) is 1. The van der Waals surface area contributed by atoms with E-state index in [4.69, 9.17) is 10.3 Å². The van der Waals surface area contributed by atoms with E-state index in [2.05, 4.69) is 10.1 Å². The second-order valence-electron chi connectivity index (χ2n) is 6.23. The topological polar surface area (TPSA) is 64.9 Å². The first-order valence-corrected chi connectivity index (χ1v) is 7.52. The molecule has 2 N–H and O–H groups in total. The molecule has 112 valence electrons. The molecule has 1 aromatic rings. The van der Waals surface area contributed by atoms with E-state index in [9.17, 15) is 8.78 Å². The van der Waals surface area contributed by atoms with Gasteiger partial charge in [0.15, 0.2) is 5.82 Å². The minimum atomic E-state index is -2.74. The van der Waals surface area contributed by atoms with E-state index < -0.39 is 17.4 Å². The molecule has 0 aliphatic heterocycles. The van der Waals surface area contributed by atoms with Crippen molar-refractivity contribution in [2.45, 2.75) is 75.2 Å². The number of hydrogen-bond acceptors (Lipinski definition) is 4. The maximum absolute atomic E-state index is 13.9. The van der Waals surface area contributed by atoms with Crippen molar-refractivity contribution in [2.75, 3.05) is 0 Å². The smallest absolute Gasteiger partial charge is 0.259 e. The summed E-state index contributed by atoms with van der Waals surface area (Å²) >= 11 is 0.